The molecule has 0 atom stereocenters. The molecule has 0 spiro atoms. The largest absolute Gasteiger partial charge is 0.504 e. The van der Waals surface area contributed by atoms with Crippen molar-refractivity contribution in [2.75, 3.05) is 6.61 Å². The molecule has 4 rings (SSSR count). The summed E-state index contributed by atoms with van der Waals surface area (Å²) in [4.78, 5) is 0. The molecule has 2 heteroatoms. The van der Waals surface area contributed by atoms with Crippen molar-refractivity contribution in [1.82, 2.24) is 0 Å². The average Bonchev–Trinajstić information content (AvgIpc) is 2.89. The summed E-state index contributed by atoms with van der Waals surface area (Å²) in [6, 6.07) is 33.7. The second-order valence-electron chi connectivity index (χ2n) is 8.73. The van der Waals surface area contributed by atoms with E-state index in [1.165, 1.54) is 27.8 Å². The highest BCUT2D eigenvalue weighted by molar-refractivity contribution is 5.55. The Morgan fingerprint density at radius 1 is 0.559 bits per heavy atom. The third-order valence-electron chi connectivity index (χ3n) is 6.40. The van der Waals surface area contributed by atoms with Gasteiger partial charge in [-0.15, -0.1) is 0 Å². The van der Waals surface area contributed by atoms with E-state index in [1.807, 2.05) is 13.0 Å². The van der Waals surface area contributed by atoms with Crippen LogP contribution < -0.4 is 4.74 Å². The van der Waals surface area contributed by atoms with E-state index in [4.69, 9.17) is 4.74 Å². The molecule has 4 aromatic carbocycles. The molecular weight excluding hydrogens is 416 g/mol. The van der Waals surface area contributed by atoms with Gasteiger partial charge in [0, 0.05) is 5.56 Å². The minimum Gasteiger partial charge on any atom is -0.504 e. The number of aromatic hydroxyl groups is 1. The van der Waals surface area contributed by atoms with Crippen molar-refractivity contribution >= 4 is 0 Å². The van der Waals surface area contributed by atoms with Gasteiger partial charge in [0.25, 0.3) is 0 Å². The zero-order valence-electron chi connectivity index (χ0n) is 20.0. The molecule has 34 heavy (non-hydrogen) atoms. The fourth-order valence-electron chi connectivity index (χ4n) is 4.66. The maximum absolute atomic E-state index is 11.0. The molecule has 1 N–H and O–H groups in total. The van der Waals surface area contributed by atoms with Crippen molar-refractivity contribution in [3.8, 4) is 11.5 Å². The number of hydrogen-bond donors (Lipinski definition) is 1. The van der Waals surface area contributed by atoms with Gasteiger partial charge in [-0.1, -0.05) is 91.0 Å². The van der Waals surface area contributed by atoms with Gasteiger partial charge in [-0.05, 0) is 79.3 Å². The molecule has 0 bridgehead atoms. The van der Waals surface area contributed by atoms with Crippen LogP contribution in [0.4, 0.5) is 0 Å². The van der Waals surface area contributed by atoms with E-state index < -0.39 is 0 Å². The van der Waals surface area contributed by atoms with E-state index in [1.54, 1.807) is 0 Å². The number of hydrogen-bond acceptors (Lipinski definition) is 2. The van der Waals surface area contributed by atoms with Gasteiger partial charge in [0.15, 0.2) is 11.5 Å². The Balaban J connectivity index is 1.69. The molecule has 0 fully saturated rings. The van der Waals surface area contributed by atoms with Crippen LogP contribution in [-0.4, -0.2) is 11.7 Å². The average molecular weight is 451 g/mol. The van der Waals surface area contributed by atoms with Crippen molar-refractivity contribution < 1.29 is 9.84 Å². The molecule has 174 valence electrons. The van der Waals surface area contributed by atoms with Gasteiger partial charge >= 0.3 is 0 Å². The summed E-state index contributed by atoms with van der Waals surface area (Å²) in [7, 11) is 0. The molecule has 0 aromatic heterocycles. The minimum absolute atomic E-state index is 0.261. The highest BCUT2D eigenvalue weighted by Crippen LogP contribution is 2.38. The van der Waals surface area contributed by atoms with Gasteiger partial charge in [-0.25, -0.2) is 0 Å². The number of aryl methyl sites for hydroxylation is 4. The number of ether oxygens (including phenoxy) is 1. The Bertz CT molecular complexity index is 1150. The summed E-state index contributed by atoms with van der Waals surface area (Å²) in [6.45, 7) is 2.51. The summed E-state index contributed by atoms with van der Waals surface area (Å²) < 4.78 is 6.02. The third kappa shape index (κ3) is 6.29. The van der Waals surface area contributed by atoms with Gasteiger partial charge in [0.2, 0.25) is 0 Å². The Morgan fingerprint density at radius 2 is 1.00 bits per heavy atom. The predicted molar refractivity (Wildman–Crippen MR) is 141 cm³/mol. The minimum atomic E-state index is 0.261. The quantitative estimate of drug-likeness (QED) is 0.263. The van der Waals surface area contributed by atoms with Crippen LogP contribution in [0.3, 0.4) is 0 Å². The van der Waals surface area contributed by atoms with E-state index in [9.17, 15) is 5.11 Å². The first-order chi connectivity index (χ1) is 16.7. The maximum Gasteiger partial charge on any atom is 0.164 e. The normalized spacial score (nSPS) is 10.9. The number of rotatable bonds is 11. The molecule has 0 aliphatic heterocycles. The molecule has 0 amide bonds. The second kappa shape index (κ2) is 12.1. The first-order valence-corrected chi connectivity index (χ1v) is 12.4. The zero-order valence-corrected chi connectivity index (χ0v) is 20.0. The van der Waals surface area contributed by atoms with Crippen molar-refractivity contribution in [1.29, 1.82) is 0 Å². The lowest BCUT2D eigenvalue weighted by molar-refractivity contribution is 0.313. The fourth-order valence-corrected chi connectivity index (χ4v) is 4.66. The van der Waals surface area contributed by atoms with E-state index in [-0.39, 0.29) is 5.75 Å². The van der Waals surface area contributed by atoms with Crippen LogP contribution in [0.1, 0.15) is 40.3 Å². The highest BCUT2D eigenvalue weighted by atomic mass is 16.5. The fraction of sp³-hybridized carbons (Fsp3) is 0.250. The third-order valence-corrected chi connectivity index (χ3v) is 6.40. The zero-order chi connectivity index (χ0) is 23.6. The van der Waals surface area contributed by atoms with Crippen LogP contribution >= 0.6 is 0 Å². The topological polar surface area (TPSA) is 29.5 Å². The van der Waals surface area contributed by atoms with Crippen LogP contribution in [0.5, 0.6) is 11.5 Å². The molecule has 0 unspecified atom stereocenters. The smallest absolute Gasteiger partial charge is 0.164 e. The molecule has 0 aliphatic carbocycles. The Labute approximate surface area is 203 Å². The van der Waals surface area contributed by atoms with E-state index >= 15 is 0 Å². The van der Waals surface area contributed by atoms with Gasteiger partial charge < -0.3 is 9.84 Å². The Morgan fingerprint density at radius 3 is 1.47 bits per heavy atom. The standard InChI is InChI=1S/C32H34O2/c1-2-34-32-30(23-20-27-16-10-5-11-17-27)29(22-19-26-14-8-4-9-15-26)28(24-31(32)33)21-18-25-12-6-3-7-13-25/h3-17,24,33H,2,18-23H2,1H3. The molecule has 0 saturated heterocycles. The van der Waals surface area contributed by atoms with Crippen LogP contribution in [-0.2, 0) is 38.5 Å². The number of benzene rings is 4. The lowest BCUT2D eigenvalue weighted by atomic mass is 9.88. The summed E-state index contributed by atoms with van der Waals surface area (Å²) in [6.07, 6.45) is 5.50. The van der Waals surface area contributed by atoms with Gasteiger partial charge in [-0.3, -0.25) is 0 Å². The van der Waals surface area contributed by atoms with Gasteiger partial charge in [0.05, 0.1) is 6.61 Å². The van der Waals surface area contributed by atoms with E-state index in [2.05, 4.69) is 91.0 Å². The van der Waals surface area contributed by atoms with Crippen LogP contribution in [0.2, 0.25) is 0 Å². The second-order valence-corrected chi connectivity index (χ2v) is 8.73. The summed E-state index contributed by atoms with van der Waals surface area (Å²) in [5, 5.41) is 11.0. The van der Waals surface area contributed by atoms with E-state index in [0.717, 1.165) is 44.1 Å². The van der Waals surface area contributed by atoms with Crippen LogP contribution in [0, 0.1) is 0 Å². The molecule has 0 aliphatic rings. The summed E-state index contributed by atoms with van der Waals surface area (Å²) in [5.41, 5.74) is 7.66. The molecule has 4 aromatic rings. The molecule has 0 radical (unpaired) electrons. The lowest BCUT2D eigenvalue weighted by Crippen LogP contribution is -2.09. The van der Waals surface area contributed by atoms with Gasteiger partial charge in [0.1, 0.15) is 0 Å². The maximum atomic E-state index is 11.0. The first-order valence-electron chi connectivity index (χ1n) is 12.4. The molecule has 2 nitrogen and oxygen atoms in total. The highest BCUT2D eigenvalue weighted by Gasteiger charge is 2.19. The number of phenols is 1. The lowest BCUT2D eigenvalue weighted by Gasteiger charge is -2.21. The molecule has 0 heterocycles. The summed E-state index contributed by atoms with van der Waals surface area (Å²) >= 11 is 0. The van der Waals surface area contributed by atoms with Crippen molar-refractivity contribution in [3.05, 3.63) is 130 Å². The SMILES string of the molecule is CCOc1c(O)cc(CCc2ccccc2)c(CCc2ccccc2)c1CCc1ccccc1. The Kier molecular flexibility index (Phi) is 8.40. The number of phenolic OH excluding ortho intramolecular Hbond substituents is 1. The monoisotopic (exact) mass is 450 g/mol. The van der Waals surface area contributed by atoms with Gasteiger partial charge in [-0.2, -0.15) is 0 Å². The first kappa shape index (κ1) is 23.6. The summed E-state index contributed by atoms with van der Waals surface area (Å²) in [5.74, 6) is 0.918. The van der Waals surface area contributed by atoms with Crippen molar-refractivity contribution in [2.45, 2.75) is 45.4 Å². The molecule has 0 saturated carbocycles. The van der Waals surface area contributed by atoms with Crippen molar-refractivity contribution in [2.24, 2.45) is 0 Å². The van der Waals surface area contributed by atoms with Crippen molar-refractivity contribution in [3.63, 3.8) is 0 Å². The Hall–Kier alpha value is -3.52. The van der Waals surface area contributed by atoms with E-state index in [0.29, 0.717) is 12.4 Å². The predicted octanol–water partition coefficient (Wildman–Crippen LogP) is 7.15. The van der Waals surface area contributed by atoms with Crippen LogP contribution in [0.15, 0.2) is 97.1 Å². The van der Waals surface area contributed by atoms with Crippen LogP contribution in [0.25, 0.3) is 0 Å². The molecular formula is C32H34O2.